The van der Waals surface area contributed by atoms with Crippen LogP contribution in [0.25, 0.3) is 0 Å². The van der Waals surface area contributed by atoms with Gasteiger partial charge in [0.2, 0.25) is 20.0 Å². The van der Waals surface area contributed by atoms with Gasteiger partial charge in [-0.1, -0.05) is 29.8 Å². The lowest BCUT2D eigenvalue weighted by Gasteiger charge is -2.42. The molecule has 36 heavy (non-hydrogen) atoms. The molecule has 0 spiro atoms. The molecule has 0 radical (unpaired) electrons. The molecule has 0 unspecified atom stereocenters. The topological polar surface area (TPSA) is 113 Å². The van der Waals surface area contributed by atoms with Gasteiger partial charge < -0.3 is 15.0 Å². The first-order chi connectivity index (χ1) is 16.6. The van der Waals surface area contributed by atoms with Gasteiger partial charge in [0.15, 0.2) is 5.75 Å². The Hall–Kier alpha value is -2.71. The first kappa shape index (κ1) is 26.4. The van der Waals surface area contributed by atoms with Gasteiger partial charge in [-0.25, -0.2) is 16.8 Å². The SMILES string of the molecule is CS(=O)(=O)N(c1cc2c(cc1Cl)N1CCC[C@H](NC(=O)C(F)(F)F)[C@@H]1c1ccccc1O2)S(C)(=O)=O. The lowest BCUT2D eigenvalue weighted by Crippen LogP contribution is -2.52. The number of alkyl halides is 3. The van der Waals surface area contributed by atoms with Gasteiger partial charge in [0.1, 0.15) is 5.75 Å². The van der Waals surface area contributed by atoms with Crippen LogP contribution in [0.5, 0.6) is 11.5 Å². The van der Waals surface area contributed by atoms with Crippen LogP contribution in [0, 0.1) is 0 Å². The van der Waals surface area contributed by atoms with Crippen LogP contribution in [0.4, 0.5) is 24.5 Å². The Morgan fingerprint density at radius 2 is 1.75 bits per heavy atom. The van der Waals surface area contributed by atoms with Crippen molar-refractivity contribution in [1.82, 2.24) is 5.32 Å². The van der Waals surface area contributed by atoms with Crippen LogP contribution in [0.15, 0.2) is 36.4 Å². The highest BCUT2D eigenvalue weighted by Crippen LogP contribution is 2.50. The van der Waals surface area contributed by atoms with Gasteiger partial charge in [-0.15, -0.1) is 0 Å². The van der Waals surface area contributed by atoms with Crippen LogP contribution in [0.3, 0.4) is 0 Å². The Balaban J connectivity index is 1.90. The zero-order valence-corrected chi connectivity index (χ0v) is 21.3. The highest BCUT2D eigenvalue weighted by molar-refractivity contribution is 8.09. The van der Waals surface area contributed by atoms with E-state index in [9.17, 15) is 34.8 Å². The Bertz CT molecular complexity index is 1400. The molecule has 2 aliphatic heterocycles. The zero-order chi connectivity index (χ0) is 26.6. The molecule has 2 aliphatic rings. The van der Waals surface area contributed by atoms with E-state index in [1.807, 2.05) is 0 Å². The molecule has 2 aromatic rings. The summed E-state index contributed by atoms with van der Waals surface area (Å²) in [5, 5.41) is 1.84. The Morgan fingerprint density at radius 3 is 2.36 bits per heavy atom. The number of hydrogen-bond donors (Lipinski definition) is 1. The highest BCUT2D eigenvalue weighted by atomic mass is 35.5. The molecule has 1 amide bonds. The Labute approximate surface area is 210 Å². The molecule has 2 atom stereocenters. The Morgan fingerprint density at radius 1 is 1.11 bits per heavy atom. The van der Waals surface area contributed by atoms with Crippen molar-refractivity contribution in [2.24, 2.45) is 0 Å². The number of nitrogens with zero attached hydrogens (tertiary/aromatic N) is 2. The number of para-hydroxylation sites is 1. The maximum absolute atomic E-state index is 13.0. The summed E-state index contributed by atoms with van der Waals surface area (Å²) in [4.78, 5) is 13.5. The maximum atomic E-state index is 13.0. The van der Waals surface area contributed by atoms with Gasteiger partial charge in [-0.05, 0) is 25.0 Å². The number of carbonyl (C=O) groups excluding carboxylic acids is 1. The summed E-state index contributed by atoms with van der Waals surface area (Å²) >= 11 is 6.37. The van der Waals surface area contributed by atoms with E-state index < -0.39 is 44.2 Å². The minimum absolute atomic E-state index is 0.0458. The molecule has 1 N–H and O–H groups in total. The quantitative estimate of drug-likeness (QED) is 0.601. The zero-order valence-electron chi connectivity index (χ0n) is 18.9. The van der Waals surface area contributed by atoms with E-state index in [4.69, 9.17) is 16.3 Å². The number of fused-ring (bicyclic) bond motifs is 5. The van der Waals surface area contributed by atoms with E-state index in [2.05, 4.69) is 5.32 Å². The molecule has 4 rings (SSSR count). The summed E-state index contributed by atoms with van der Waals surface area (Å²) in [6, 6.07) is 7.28. The minimum atomic E-state index is -5.07. The van der Waals surface area contributed by atoms with E-state index in [0.717, 1.165) is 6.07 Å². The number of halogens is 4. The summed E-state index contributed by atoms with van der Waals surface area (Å²) in [5.74, 6) is -1.77. The predicted molar refractivity (Wildman–Crippen MR) is 127 cm³/mol. The van der Waals surface area contributed by atoms with E-state index in [1.54, 1.807) is 29.2 Å². The number of piperidine rings is 1. The molecule has 196 valence electrons. The fourth-order valence-electron chi connectivity index (χ4n) is 4.57. The van der Waals surface area contributed by atoms with Crippen molar-refractivity contribution in [1.29, 1.82) is 0 Å². The number of benzene rings is 2. The number of amides is 1. The van der Waals surface area contributed by atoms with Crippen LogP contribution >= 0.6 is 11.6 Å². The molecule has 0 aromatic heterocycles. The largest absolute Gasteiger partial charge is 0.471 e. The van der Waals surface area contributed by atoms with Crippen LogP contribution < -0.4 is 18.7 Å². The number of rotatable bonds is 4. The second kappa shape index (κ2) is 8.99. The summed E-state index contributed by atoms with van der Waals surface area (Å²) in [6.07, 6.45) is -2.98. The first-order valence-corrected chi connectivity index (χ1v) is 14.6. The van der Waals surface area contributed by atoms with Crippen LogP contribution in [0.1, 0.15) is 24.4 Å². The van der Waals surface area contributed by atoms with Crippen molar-refractivity contribution >= 4 is 48.9 Å². The van der Waals surface area contributed by atoms with Crippen LogP contribution in [-0.2, 0) is 24.8 Å². The van der Waals surface area contributed by atoms with E-state index in [1.165, 1.54) is 6.07 Å². The third kappa shape index (κ3) is 4.93. The summed E-state index contributed by atoms with van der Waals surface area (Å²) in [6.45, 7) is 0.352. The maximum Gasteiger partial charge on any atom is 0.471 e. The molecule has 0 saturated carbocycles. The van der Waals surface area contributed by atoms with Gasteiger partial charge in [0.05, 0.1) is 41.0 Å². The van der Waals surface area contributed by atoms with Gasteiger partial charge in [-0.2, -0.15) is 16.9 Å². The van der Waals surface area contributed by atoms with Crippen molar-refractivity contribution in [3.05, 3.63) is 47.0 Å². The lowest BCUT2D eigenvalue weighted by atomic mass is 9.89. The van der Waals surface area contributed by atoms with Gasteiger partial charge in [0, 0.05) is 18.2 Å². The summed E-state index contributed by atoms with van der Waals surface area (Å²) < 4.78 is 94.6. The minimum Gasteiger partial charge on any atom is -0.455 e. The number of carbonyl (C=O) groups is 1. The standard InChI is InChI=1S/C21H21ClF3N3O6S2/c1-35(30,31)28(36(2,32)33)15-11-18-16(10-13(15)22)27-9-5-7-14(26-20(29)21(23,24)25)19(27)12-6-3-4-8-17(12)34-18/h3-4,6,8,10-11,14,19H,5,7,9H2,1-2H3,(H,26,29)/t14-,19-/m0/s1. The second-order valence-electron chi connectivity index (χ2n) is 8.49. The smallest absolute Gasteiger partial charge is 0.455 e. The number of anilines is 2. The molecule has 2 aromatic carbocycles. The lowest BCUT2D eigenvalue weighted by molar-refractivity contribution is -0.174. The predicted octanol–water partition coefficient (Wildman–Crippen LogP) is 3.56. The van der Waals surface area contributed by atoms with Crippen molar-refractivity contribution in [2.75, 3.05) is 27.7 Å². The molecule has 0 aliphatic carbocycles. The van der Waals surface area contributed by atoms with Crippen molar-refractivity contribution in [3.8, 4) is 11.5 Å². The van der Waals surface area contributed by atoms with Crippen molar-refractivity contribution in [2.45, 2.75) is 31.1 Å². The van der Waals surface area contributed by atoms with E-state index >= 15 is 0 Å². The Kier molecular flexibility index (Phi) is 6.58. The van der Waals surface area contributed by atoms with Crippen molar-refractivity contribution < 1.29 is 39.5 Å². The molecule has 1 fully saturated rings. The summed E-state index contributed by atoms with van der Waals surface area (Å²) in [5.41, 5.74) is 0.426. The third-order valence-electron chi connectivity index (χ3n) is 5.80. The normalized spacial score (nSPS) is 19.8. The number of sulfonamides is 2. The van der Waals surface area contributed by atoms with Crippen LogP contribution in [-0.4, -0.2) is 54.0 Å². The highest BCUT2D eigenvalue weighted by Gasteiger charge is 2.45. The summed E-state index contributed by atoms with van der Waals surface area (Å²) in [7, 11) is -8.63. The molecule has 15 heteroatoms. The van der Waals surface area contributed by atoms with Gasteiger partial charge in [-0.3, -0.25) is 4.79 Å². The third-order valence-corrected chi connectivity index (χ3v) is 9.33. The number of hydrogen-bond acceptors (Lipinski definition) is 7. The number of ether oxygens (including phenoxy) is 1. The van der Waals surface area contributed by atoms with Crippen LogP contribution in [0.2, 0.25) is 5.02 Å². The fraction of sp³-hybridized carbons (Fsp3) is 0.381. The van der Waals surface area contributed by atoms with Crippen molar-refractivity contribution in [3.63, 3.8) is 0 Å². The molecule has 2 heterocycles. The van der Waals surface area contributed by atoms with E-state index in [0.29, 0.717) is 36.7 Å². The monoisotopic (exact) mass is 567 g/mol. The van der Waals surface area contributed by atoms with E-state index in [-0.39, 0.29) is 32.3 Å². The molecular weight excluding hydrogens is 547 g/mol. The first-order valence-electron chi connectivity index (χ1n) is 10.5. The molecule has 0 bridgehead atoms. The van der Waals surface area contributed by atoms with Gasteiger partial charge >= 0.3 is 12.1 Å². The molecular formula is C21H21ClF3N3O6S2. The average molecular weight is 568 g/mol. The van der Waals surface area contributed by atoms with Gasteiger partial charge in [0.25, 0.3) is 0 Å². The fourth-order valence-corrected chi connectivity index (χ4v) is 7.90. The number of nitrogens with one attached hydrogen (secondary N) is 1. The molecule has 9 nitrogen and oxygen atoms in total. The second-order valence-corrected chi connectivity index (χ2v) is 12.8. The average Bonchev–Trinajstić information content (AvgIpc) is 2.86. The molecule has 1 saturated heterocycles.